The first-order valence-electron chi connectivity index (χ1n) is 6.13. The molecule has 100 valence electrons. The zero-order valence-corrected chi connectivity index (χ0v) is 12.1. The van der Waals surface area contributed by atoms with Crippen molar-refractivity contribution in [2.75, 3.05) is 19.8 Å². The second-order valence-corrected chi connectivity index (χ2v) is 5.44. The molecule has 0 fully saturated rings. The van der Waals surface area contributed by atoms with Crippen LogP contribution in [0.5, 0.6) is 0 Å². The van der Waals surface area contributed by atoms with Gasteiger partial charge in [-0.1, -0.05) is 12.1 Å². The Labute approximate surface area is 117 Å². The van der Waals surface area contributed by atoms with Crippen molar-refractivity contribution in [1.29, 1.82) is 0 Å². The quantitative estimate of drug-likeness (QED) is 0.673. The van der Waals surface area contributed by atoms with Gasteiger partial charge >= 0.3 is 0 Å². The zero-order valence-electron chi connectivity index (χ0n) is 11.3. The van der Waals surface area contributed by atoms with Crippen LogP contribution in [0.4, 0.5) is 0 Å². The van der Waals surface area contributed by atoms with Crippen LogP contribution < -0.4 is 5.56 Å². The number of rotatable bonds is 5. The number of benzene rings is 1. The van der Waals surface area contributed by atoms with Gasteiger partial charge in [-0.2, -0.15) is 0 Å². The number of pyridine rings is 1. The third-order valence-electron chi connectivity index (χ3n) is 3.01. The number of thioether (sulfide) groups is 1. The second-order valence-electron chi connectivity index (χ2n) is 4.56. The van der Waals surface area contributed by atoms with E-state index in [1.807, 2.05) is 37.6 Å². The minimum Gasteiger partial charge on any atom is -0.322 e. The van der Waals surface area contributed by atoms with E-state index in [1.165, 1.54) is 0 Å². The van der Waals surface area contributed by atoms with Crippen molar-refractivity contribution in [3.05, 3.63) is 52.8 Å². The third kappa shape index (κ3) is 3.28. The molecular weight excluding hydrogens is 256 g/mol. The lowest BCUT2D eigenvalue weighted by atomic mass is 10.1. The molecule has 0 spiro atoms. The normalized spacial score (nSPS) is 11.1. The van der Waals surface area contributed by atoms with Crippen molar-refractivity contribution < 1.29 is 0 Å². The Morgan fingerprint density at radius 3 is 2.89 bits per heavy atom. The van der Waals surface area contributed by atoms with Gasteiger partial charge in [0.15, 0.2) is 0 Å². The molecule has 1 N–H and O–H groups in total. The highest BCUT2D eigenvalue weighted by atomic mass is 32.2. The predicted molar refractivity (Wildman–Crippen MR) is 82.9 cm³/mol. The van der Waals surface area contributed by atoms with Crippen LogP contribution in [0.2, 0.25) is 0 Å². The number of nitrogens with zero attached hydrogens (tertiary/aromatic N) is 1. The molecule has 0 saturated carbocycles. The molecule has 0 radical (unpaired) electrons. The fraction of sp³-hybridized carbons (Fsp3) is 0.267. The summed E-state index contributed by atoms with van der Waals surface area (Å²) in [5.41, 5.74) is 1.67. The molecule has 0 atom stereocenters. The number of hydrogen-bond donors (Lipinski definition) is 1. The molecule has 1 aromatic carbocycles. The van der Waals surface area contributed by atoms with Gasteiger partial charge < -0.3 is 4.98 Å². The van der Waals surface area contributed by atoms with Crippen LogP contribution in [0.25, 0.3) is 10.9 Å². The van der Waals surface area contributed by atoms with Gasteiger partial charge in [0.2, 0.25) is 0 Å². The Morgan fingerprint density at radius 2 is 2.21 bits per heavy atom. The van der Waals surface area contributed by atoms with E-state index in [0.29, 0.717) is 6.54 Å². The fourth-order valence-electron chi connectivity index (χ4n) is 2.05. The van der Waals surface area contributed by atoms with Crippen LogP contribution >= 0.6 is 11.8 Å². The van der Waals surface area contributed by atoms with Crippen molar-refractivity contribution in [1.82, 2.24) is 9.88 Å². The first-order valence-corrected chi connectivity index (χ1v) is 7.36. The molecule has 0 amide bonds. The van der Waals surface area contributed by atoms with Crippen molar-refractivity contribution in [3.8, 4) is 0 Å². The molecule has 0 unspecified atom stereocenters. The Balaban J connectivity index is 2.39. The number of likely N-dealkylation sites (N-methyl/N-ethyl adjacent to an activating group) is 1. The summed E-state index contributed by atoms with van der Waals surface area (Å²) in [6.45, 7) is 5.10. The van der Waals surface area contributed by atoms with Crippen molar-refractivity contribution in [2.24, 2.45) is 0 Å². The van der Waals surface area contributed by atoms with Gasteiger partial charge in [-0.25, -0.2) is 0 Å². The maximum Gasteiger partial charge on any atom is 0.252 e. The number of H-pyrrole nitrogens is 1. The Kier molecular flexibility index (Phi) is 4.45. The van der Waals surface area contributed by atoms with Crippen molar-refractivity contribution in [2.45, 2.75) is 11.4 Å². The van der Waals surface area contributed by atoms with E-state index in [2.05, 4.69) is 22.5 Å². The zero-order chi connectivity index (χ0) is 13.8. The van der Waals surface area contributed by atoms with Gasteiger partial charge in [0.1, 0.15) is 0 Å². The summed E-state index contributed by atoms with van der Waals surface area (Å²) in [6, 6.07) is 8.10. The molecule has 1 aromatic heterocycles. The second kappa shape index (κ2) is 6.08. The molecule has 4 heteroatoms. The summed E-state index contributed by atoms with van der Waals surface area (Å²) >= 11 is 1.67. The van der Waals surface area contributed by atoms with Crippen LogP contribution in [0, 0.1) is 0 Å². The molecule has 0 saturated heterocycles. The highest BCUT2D eigenvalue weighted by Crippen LogP contribution is 2.20. The van der Waals surface area contributed by atoms with E-state index >= 15 is 0 Å². The van der Waals surface area contributed by atoms with Gasteiger partial charge in [0.05, 0.1) is 0 Å². The minimum absolute atomic E-state index is 0.0123. The number of nitrogens with one attached hydrogen (secondary N) is 1. The number of aromatic nitrogens is 1. The fourth-order valence-corrected chi connectivity index (χ4v) is 2.49. The first-order chi connectivity index (χ1) is 9.13. The van der Waals surface area contributed by atoms with Gasteiger partial charge in [-0.15, -0.1) is 18.3 Å². The SMILES string of the molecule is C=CCN(C)Cc1cc2ccc(SC)cc2[nH]c1=O. The van der Waals surface area contributed by atoms with Crippen LogP contribution in [0.3, 0.4) is 0 Å². The summed E-state index contributed by atoms with van der Waals surface area (Å²) in [4.78, 5) is 18.2. The van der Waals surface area contributed by atoms with E-state index in [9.17, 15) is 4.79 Å². The highest BCUT2D eigenvalue weighted by Gasteiger charge is 2.06. The molecule has 0 aliphatic rings. The average Bonchev–Trinajstić information content (AvgIpc) is 2.39. The lowest BCUT2D eigenvalue weighted by molar-refractivity contribution is 0.362. The van der Waals surface area contributed by atoms with Crippen LogP contribution in [-0.4, -0.2) is 29.7 Å². The van der Waals surface area contributed by atoms with Crippen molar-refractivity contribution in [3.63, 3.8) is 0 Å². The highest BCUT2D eigenvalue weighted by molar-refractivity contribution is 7.98. The summed E-state index contributed by atoms with van der Waals surface area (Å²) in [5, 5.41) is 1.07. The van der Waals surface area contributed by atoms with E-state index in [0.717, 1.165) is 27.9 Å². The topological polar surface area (TPSA) is 36.1 Å². The van der Waals surface area contributed by atoms with E-state index in [4.69, 9.17) is 0 Å². The summed E-state index contributed by atoms with van der Waals surface area (Å²) in [6.07, 6.45) is 3.86. The Morgan fingerprint density at radius 1 is 1.42 bits per heavy atom. The van der Waals surface area contributed by atoms with E-state index in [1.54, 1.807) is 11.8 Å². The number of aromatic amines is 1. The number of hydrogen-bond acceptors (Lipinski definition) is 3. The molecular formula is C15H18N2OS. The van der Waals surface area contributed by atoms with Crippen LogP contribution in [-0.2, 0) is 6.54 Å². The maximum atomic E-state index is 12.1. The predicted octanol–water partition coefficient (Wildman–Crippen LogP) is 2.87. The average molecular weight is 274 g/mol. The molecule has 2 aromatic rings. The summed E-state index contributed by atoms with van der Waals surface area (Å²) in [7, 11) is 1.97. The monoisotopic (exact) mass is 274 g/mol. The smallest absolute Gasteiger partial charge is 0.252 e. The molecule has 3 nitrogen and oxygen atoms in total. The van der Waals surface area contributed by atoms with E-state index in [-0.39, 0.29) is 5.56 Å². The molecule has 0 aliphatic heterocycles. The van der Waals surface area contributed by atoms with Crippen LogP contribution in [0.1, 0.15) is 5.56 Å². The summed E-state index contributed by atoms with van der Waals surface area (Å²) in [5.74, 6) is 0. The van der Waals surface area contributed by atoms with Gasteiger partial charge in [0.25, 0.3) is 5.56 Å². The number of fused-ring (bicyclic) bond motifs is 1. The van der Waals surface area contributed by atoms with Gasteiger partial charge in [-0.05, 0) is 36.9 Å². The first kappa shape index (κ1) is 13.9. The van der Waals surface area contributed by atoms with E-state index < -0.39 is 0 Å². The molecule has 1 heterocycles. The standard InChI is InChI=1S/C15H18N2OS/c1-4-7-17(2)10-12-8-11-5-6-13(19-3)9-14(11)16-15(12)18/h4-6,8-9H,1,7,10H2,2-3H3,(H,16,18). The van der Waals surface area contributed by atoms with Gasteiger partial charge in [0, 0.05) is 29.1 Å². The Bertz CT molecular complexity index is 648. The molecule has 2 rings (SSSR count). The maximum absolute atomic E-state index is 12.1. The lowest BCUT2D eigenvalue weighted by Crippen LogP contribution is -2.23. The van der Waals surface area contributed by atoms with Crippen LogP contribution in [0.15, 0.2) is 46.6 Å². The largest absolute Gasteiger partial charge is 0.322 e. The third-order valence-corrected chi connectivity index (χ3v) is 3.74. The Hall–Kier alpha value is -1.52. The van der Waals surface area contributed by atoms with Gasteiger partial charge in [-0.3, -0.25) is 9.69 Å². The molecule has 0 aliphatic carbocycles. The minimum atomic E-state index is -0.0123. The van der Waals surface area contributed by atoms with Crippen molar-refractivity contribution >= 4 is 22.7 Å². The lowest BCUT2D eigenvalue weighted by Gasteiger charge is -2.14. The summed E-state index contributed by atoms with van der Waals surface area (Å²) < 4.78 is 0. The molecule has 0 bridgehead atoms. The molecule has 19 heavy (non-hydrogen) atoms.